The van der Waals surface area contributed by atoms with Gasteiger partial charge in [0, 0.05) is 25.1 Å². The molecule has 0 bridgehead atoms. The van der Waals surface area contributed by atoms with Gasteiger partial charge in [-0.3, -0.25) is 4.79 Å². The number of amides is 1. The van der Waals surface area contributed by atoms with E-state index in [1.54, 1.807) is 12.5 Å². The molecule has 5 nitrogen and oxygen atoms in total. The zero-order chi connectivity index (χ0) is 15.1. The smallest absolute Gasteiger partial charge is 0.270 e. The standard InChI is InChI=1S/C15H24N2O3S/c1-20-9-14-16-13(10-21-14)15(19)17-12(7-8-18)11-5-3-2-4-6-11/h10-12,18H,2-9H2,1H3,(H,17,19). The molecule has 1 saturated carbocycles. The zero-order valence-corrected chi connectivity index (χ0v) is 13.3. The summed E-state index contributed by atoms with van der Waals surface area (Å²) in [6, 6.07) is 0.0513. The summed E-state index contributed by atoms with van der Waals surface area (Å²) < 4.78 is 5.02. The summed E-state index contributed by atoms with van der Waals surface area (Å²) in [5.41, 5.74) is 0.450. The topological polar surface area (TPSA) is 71.5 Å². The minimum Gasteiger partial charge on any atom is -0.396 e. The molecule has 2 N–H and O–H groups in total. The fourth-order valence-corrected chi connectivity index (χ4v) is 3.69. The lowest BCUT2D eigenvalue weighted by Crippen LogP contribution is -2.41. The van der Waals surface area contributed by atoms with Gasteiger partial charge in [0.15, 0.2) is 0 Å². The molecule has 0 saturated heterocycles. The molecule has 1 aromatic heterocycles. The highest BCUT2D eigenvalue weighted by atomic mass is 32.1. The molecule has 118 valence electrons. The number of carbonyl (C=O) groups excluding carboxylic acids is 1. The number of ether oxygens (including phenoxy) is 1. The van der Waals surface area contributed by atoms with E-state index in [1.807, 2.05) is 0 Å². The molecule has 0 aromatic carbocycles. The Morgan fingerprint density at radius 3 is 2.95 bits per heavy atom. The Kier molecular flexibility index (Phi) is 6.60. The average molecular weight is 312 g/mol. The number of aromatic nitrogens is 1. The first-order valence-corrected chi connectivity index (χ1v) is 8.47. The van der Waals surface area contributed by atoms with Gasteiger partial charge in [0.25, 0.3) is 5.91 Å². The fourth-order valence-electron chi connectivity index (χ4n) is 2.95. The summed E-state index contributed by atoms with van der Waals surface area (Å²) in [4.78, 5) is 16.6. The molecule has 1 aromatic rings. The maximum atomic E-state index is 12.3. The highest BCUT2D eigenvalue weighted by Crippen LogP contribution is 2.28. The van der Waals surface area contributed by atoms with Crippen molar-refractivity contribution in [2.24, 2.45) is 5.92 Å². The predicted octanol–water partition coefficient (Wildman–Crippen LogP) is 2.35. The van der Waals surface area contributed by atoms with Crippen LogP contribution in [0.5, 0.6) is 0 Å². The first-order valence-electron chi connectivity index (χ1n) is 7.59. The first kappa shape index (κ1) is 16.4. The van der Waals surface area contributed by atoms with Crippen molar-refractivity contribution >= 4 is 17.2 Å². The van der Waals surface area contributed by atoms with Crippen LogP contribution in [0, 0.1) is 5.92 Å². The van der Waals surface area contributed by atoms with Crippen LogP contribution in [0.3, 0.4) is 0 Å². The van der Waals surface area contributed by atoms with Crippen LogP contribution in [0.2, 0.25) is 0 Å². The lowest BCUT2D eigenvalue weighted by Gasteiger charge is -2.30. The van der Waals surface area contributed by atoms with Gasteiger partial charge in [-0.2, -0.15) is 0 Å². The third kappa shape index (κ3) is 4.76. The summed E-state index contributed by atoms with van der Waals surface area (Å²) in [7, 11) is 1.61. The molecule has 1 fully saturated rings. The van der Waals surface area contributed by atoms with Gasteiger partial charge in [-0.15, -0.1) is 11.3 Å². The molecule has 1 heterocycles. The second-order valence-corrected chi connectivity index (χ2v) is 6.49. The predicted molar refractivity (Wildman–Crippen MR) is 82.4 cm³/mol. The molecular weight excluding hydrogens is 288 g/mol. The number of hydrogen-bond acceptors (Lipinski definition) is 5. The Morgan fingerprint density at radius 1 is 1.52 bits per heavy atom. The molecule has 1 amide bonds. The molecule has 21 heavy (non-hydrogen) atoms. The zero-order valence-electron chi connectivity index (χ0n) is 12.5. The first-order chi connectivity index (χ1) is 10.2. The number of carbonyl (C=O) groups is 1. The summed E-state index contributed by atoms with van der Waals surface area (Å²) >= 11 is 1.43. The Labute approximate surface area is 129 Å². The number of nitrogens with zero attached hydrogens (tertiary/aromatic N) is 1. The van der Waals surface area contributed by atoms with E-state index >= 15 is 0 Å². The van der Waals surface area contributed by atoms with Crippen molar-refractivity contribution in [1.82, 2.24) is 10.3 Å². The van der Waals surface area contributed by atoms with Crippen molar-refractivity contribution in [3.8, 4) is 0 Å². The van der Waals surface area contributed by atoms with E-state index in [4.69, 9.17) is 4.74 Å². The molecule has 2 rings (SSSR count). The quantitative estimate of drug-likeness (QED) is 0.811. The van der Waals surface area contributed by atoms with Crippen molar-refractivity contribution in [3.05, 3.63) is 16.1 Å². The molecule has 1 unspecified atom stereocenters. The Hall–Kier alpha value is -0.980. The minimum absolute atomic E-state index is 0.0513. The molecule has 0 aliphatic heterocycles. The number of aliphatic hydroxyl groups excluding tert-OH is 1. The number of thiazole rings is 1. The minimum atomic E-state index is -0.141. The highest BCUT2D eigenvalue weighted by Gasteiger charge is 2.25. The van der Waals surface area contributed by atoms with Gasteiger partial charge in [-0.05, 0) is 25.2 Å². The number of aliphatic hydroxyl groups is 1. The lowest BCUT2D eigenvalue weighted by molar-refractivity contribution is 0.0894. The average Bonchev–Trinajstić information content (AvgIpc) is 2.97. The van der Waals surface area contributed by atoms with Gasteiger partial charge in [0.05, 0.1) is 6.61 Å². The van der Waals surface area contributed by atoms with E-state index in [2.05, 4.69) is 10.3 Å². The summed E-state index contributed by atoms with van der Waals surface area (Å²) in [6.45, 7) is 0.536. The van der Waals surface area contributed by atoms with E-state index in [-0.39, 0.29) is 18.6 Å². The van der Waals surface area contributed by atoms with E-state index in [0.717, 1.165) is 17.8 Å². The summed E-state index contributed by atoms with van der Waals surface area (Å²) in [5, 5.41) is 14.9. The van der Waals surface area contributed by atoms with Crippen LogP contribution < -0.4 is 5.32 Å². The van der Waals surface area contributed by atoms with E-state index in [9.17, 15) is 9.90 Å². The number of methoxy groups -OCH3 is 1. The maximum Gasteiger partial charge on any atom is 0.270 e. The highest BCUT2D eigenvalue weighted by molar-refractivity contribution is 7.09. The van der Waals surface area contributed by atoms with Crippen LogP contribution in [0.1, 0.15) is 54.0 Å². The van der Waals surface area contributed by atoms with Gasteiger partial charge in [-0.1, -0.05) is 19.3 Å². The van der Waals surface area contributed by atoms with Crippen LogP contribution in [0.15, 0.2) is 5.38 Å². The van der Waals surface area contributed by atoms with Crippen molar-refractivity contribution in [1.29, 1.82) is 0 Å². The molecule has 0 radical (unpaired) electrons. The van der Waals surface area contributed by atoms with Gasteiger partial charge >= 0.3 is 0 Å². The van der Waals surface area contributed by atoms with Crippen LogP contribution in [-0.2, 0) is 11.3 Å². The Balaban J connectivity index is 1.95. The van der Waals surface area contributed by atoms with Crippen molar-refractivity contribution in [2.45, 2.75) is 51.2 Å². The van der Waals surface area contributed by atoms with Crippen molar-refractivity contribution in [3.63, 3.8) is 0 Å². The van der Waals surface area contributed by atoms with Gasteiger partial charge in [-0.25, -0.2) is 4.98 Å². The van der Waals surface area contributed by atoms with Crippen molar-refractivity contribution < 1.29 is 14.6 Å². The van der Waals surface area contributed by atoms with Gasteiger partial charge in [0.1, 0.15) is 10.7 Å². The van der Waals surface area contributed by atoms with E-state index in [0.29, 0.717) is 24.6 Å². The number of hydrogen-bond donors (Lipinski definition) is 2. The fraction of sp³-hybridized carbons (Fsp3) is 0.733. The summed E-state index contributed by atoms with van der Waals surface area (Å²) in [5.74, 6) is 0.338. The second-order valence-electron chi connectivity index (χ2n) is 5.55. The van der Waals surface area contributed by atoms with Gasteiger partial charge < -0.3 is 15.2 Å². The van der Waals surface area contributed by atoms with Gasteiger partial charge in [0.2, 0.25) is 0 Å². The van der Waals surface area contributed by atoms with Crippen LogP contribution in [0.25, 0.3) is 0 Å². The molecule has 1 aliphatic carbocycles. The second kappa shape index (κ2) is 8.46. The Morgan fingerprint density at radius 2 is 2.29 bits per heavy atom. The van der Waals surface area contributed by atoms with Crippen LogP contribution in [-0.4, -0.2) is 35.8 Å². The molecule has 1 atom stereocenters. The molecular formula is C15H24N2O3S. The molecule has 1 aliphatic rings. The number of rotatable bonds is 7. The Bertz CT molecular complexity index is 444. The normalized spacial score (nSPS) is 17.6. The maximum absolute atomic E-state index is 12.3. The van der Waals surface area contributed by atoms with E-state index in [1.165, 1.54) is 30.6 Å². The van der Waals surface area contributed by atoms with E-state index < -0.39 is 0 Å². The lowest BCUT2D eigenvalue weighted by atomic mass is 9.82. The van der Waals surface area contributed by atoms with Crippen LogP contribution >= 0.6 is 11.3 Å². The summed E-state index contributed by atoms with van der Waals surface area (Å²) in [6.07, 6.45) is 6.61. The third-order valence-electron chi connectivity index (χ3n) is 4.03. The van der Waals surface area contributed by atoms with Crippen molar-refractivity contribution in [2.75, 3.05) is 13.7 Å². The van der Waals surface area contributed by atoms with Crippen LogP contribution in [0.4, 0.5) is 0 Å². The monoisotopic (exact) mass is 312 g/mol. The molecule has 0 spiro atoms. The molecule has 6 heteroatoms. The third-order valence-corrected chi connectivity index (χ3v) is 4.85. The SMILES string of the molecule is COCc1nc(C(=O)NC(CCO)C2CCCCC2)cs1. The number of nitrogens with one attached hydrogen (secondary N) is 1. The largest absolute Gasteiger partial charge is 0.396 e.